The van der Waals surface area contributed by atoms with Gasteiger partial charge in [0.1, 0.15) is 23.2 Å². The Morgan fingerprint density at radius 3 is 2.12 bits per heavy atom. The van der Waals surface area contributed by atoms with Gasteiger partial charge in [0.2, 0.25) is 0 Å². The summed E-state index contributed by atoms with van der Waals surface area (Å²) in [7, 11) is 0. The lowest BCUT2D eigenvalue weighted by atomic mass is 9.93. The molecule has 1 aliphatic carbocycles. The molecule has 0 bridgehead atoms. The first-order valence-corrected chi connectivity index (χ1v) is 20.3. The van der Waals surface area contributed by atoms with Gasteiger partial charge in [0.05, 0.1) is 22.1 Å². The molecule has 0 saturated heterocycles. The van der Waals surface area contributed by atoms with Gasteiger partial charge in [0, 0.05) is 47.8 Å². The highest BCUT2D eigenvalue weighted by molar-refractivity contribution is 7.17. The molecule has 3 aromatic heterocycles. The second-order valence-electron chi connectivity index (χ2n) is 14.8. The van der Waals surface area contributed by atoms with E-state index in [2.05, 4.69) is 162 Å². The molecule has 1 aliphatic heterocycles. The van der Waals surface area contributed by atoms with Crippen LogP contribution in [-0.2, 0) is 0 Å². The number of nitrogens with zero attached hydrogens (tertiary/aromatic N) is 3. The summed E-state index contributed by atoms with van der Waals surface area (Å²) in [4.78, 5) is 10.3. The number of aromatic nitrogens is 1. The highest BCUT2D eigenvalue weighted by atomic mass is 32.1. The van der Waals surface area contributed by atoms with Crippen molar-refractivity contribution in [3.8, 4) is 16.8 Å². The number of thiophene rings is 1. The van der Waals surface area contributed by atoms with Crippen molar-refractivity contribution in [3.63, 3.8) is 0 Å². The lowest BCUT2D eigenvalue weighted by Crippen LogP contribution is -2.39. The fraction of sp³-hybridized carbons (Fsp3) is 0.0588. The maximum Gasteiger partial charge on any atom is 0.159 e. The van der Waals surface area contributed by atoms with Crippen LogP contribution in [-0.4, -0.2) is 16.2 Å². The van der Waals surface area contributed by atoms with Crippen molar-refractivity contribution in [2.24, 2.45) is 15.9 Å². The number of amidine groups is 2. The van der Waals surface area contributed by atoms with E-state index >= 15 is 0 Å². The Balaban J connectivity index is 1.03. The summed E-state index contributed by atoms with van der Waals surface area (Å²) in [5, 5.41) is 10.9. The molecule has 0 radical (unpaired) electrons. The van der Waals surface area contributed by atoms with Crippen LogP contribution in [0.3, 0.4) is 0 Å². The molecule has 1 N–H and O–H groups in total. The molecule has 12 rings (SSSR count). The predicted molar refractivity (Wildman–Crippen MR) is 238 cm³/mol. The standard InChI is InChI=1S/C51H34N4OS/c1-3-14-31(15-4-1)49-52-50(32-16-5-2-6-17-32)54-51(53-49)33-28-29-44-39(30-33)46-36(20-12-27-45(46)57-44)37-21-11-22-38-47-42(25-13-26-43(47)56-48(37)38)55-40-23-9-7-18-34(40)35-19-8-10-24-41(35)55/h1-27,29-30,33,49H,28H2,(H,52,53,54). The Labute approximate surface area is 331 Å². The minimum absolute atomic E-state index is 0.0551. The van der Waals surface area contributed by atoms with Crippen LogP contribution >= 0.6 is 11.3 Å². The van der Waals surface area contributed by atoms with E-state index in [1.54, 1.807) is 0 Å². The van der Waals surface area contributed by atoms with E-state index in [0.717, 1.165) is 62.4 Å². The molecule has 57 heavy (non-hydrogen) atoms. The number of hydrogen-bond acceptors (Lipinski definition) is 5. The van der Waals surface area contributed by atoms with E-state index in [-0.39, 0.29) is 12.1 Å². The number of aliphatic imine (C=N–C) groups is 2. The fourth-order valence-corrected chi connectivity index (χ4v) is 10.2. The first kappa shape index (κ1) is 32.2. The van der Waals surface area contributed by atoms with Gasteiger partial charge in [0.25, 0.3) is 0 Å². The maximum atomic E-state index is 6.92. The Morgan fingerprint density at radius 1 is 0.632 bits per heavy atom. The van der Waals surface area contributed by atoms with E-state index in [0.29, 0.717) is 0 Å². The minimum Gasteiger partial charge on any atom is -0.455 e. The van der Waals surface area contributed by atoms with Gasteiger partial charge >= 0.3 is 0 Å². The zero-order chi connectivity index (χ0) is 37.5. The van der Waals surface area contributed by atoms with Crippen LogP contribution in [0.1, 0.15) is 23.7 Å². The third kappa shape index (κ3) is 5.07. The van der Waals surface area contributed by atoms with Gasteiger partial charge in [-0.2, -0.15) is 0 Å². The largest absolute Gasteiger partial charge is 0.455 e. The summed E-state index contributed by atoms with van der Waals surface area (Å²) in [5.74, 6) is 1.75. The second kappa shape index (κ2) is 12.8. The van der Waals surface area contributed by atoms with E-state index in [9.17, 15) is 0 Å². The fourth-order valence-electron chi connectivity index (χ4n) is 9.01. The molecular formula is C51H34N4OS. The van der Waals surface area contributed by atoms with Gasteiger partial charge < -0.3 is 14.3 Å². The second-order valence-corrected chi connectivity index (χ2v) is 15.9. The Hall–Kier alpha value is -7.02. The summed E-state index contributed by atoms with van der Waals surface area (Å²) in [6.45, 7) is 0. The highest BCUT2D eigenvalue weighted by Crippen LogP contribution is 2.42. The summed E-state index contributed by atoms with van der Waals surface area (Å²) >= 11 is 1.86. The first-order valence-electron chi connectivity index (χ1n) is 19.5. The maximum absolute atomic E-state index is 6.92. The van der Waals surface area contributed by atoms with E-state index in [1.807, 2.05) is 35.6 Å². The Morgan fingerprint density at radius 2 is 1.32 bits per heavy atom. The third-order valence-corrected chi connectivity index (χ3v) is 12.7. The highest BCUT2D eigenvalue weighted by Gasteiger charge is 2.26. The van der Waals surface area contributed by atoms with Crippen molar-refractivity contribution in [2.45, 2.75) is 12.6 Å². The average molecular weight is 751 g/mol. The molecule has 2 atom stereocenters. The third-order valence-electron chi connectivity index (χ3n) is 11.6. The lowest BCUT2D eigenvalue weighted by Gasteiger charge is -2.27. The number of fused-ring (bicyclic) bond motifs is 9. The number of rotatable bonds is 5. The minimum atomic E-state index is -0.225. The molecule has 6 heteroatoms. The van der Waals surface area contributed by atoms with Crippen LogP contribution in [0.2, 0.25) is 0 Å². The molecule has 0 amide bonds. The smallest absolute Gasteiger partial charge is 0.159 e. The molecule has 270 valence electrons. The van der Waals surface area contributed by atoms with E-state index < -0.39 is 0 Å². The van der Waals surface area contributed by atoms with Crippen LogP contribution in [0, 0.1) is 5.92 Å². The zero-order valence-electron chi connectivity index (χ0n) is 30.8. The molecule has 2 aliphatic rings. The average Bonchev–Trinajstić information content (AvgIpc) is 3.96. The number of hydrogen-bond donors (Lipinski definition) is 1. The van der Waals surface area contributed by atoms with Crippen molar-refractivity contribution >= 4 is 89.0 Å². The van der Waals surface area contributed by atoms with Crippen LogP contribution in [0.4, 0.5) is 0 Å². The molecule has 7 aromatic carbocycles. The van der Waals surface area contributed by atoms with Crippen molar-refractivity contribution in [1.29, 1.82) is 0 Å². The van der Waals surface area contributed by atoms with Crippen LogP contribution in [0.15, 0.2) is 178 Å². The molecule has 0 saturated carbocycles. The van der Waals surface area contributed by atoms with Crippen LogP contribution in [0.5, 0.6) is 0 Å². The monoisotopic (exact) mass is 750 g/mol. The van der Waals surface area contributed by atoms with Gasteiger partial charge in [-0.25, -0.2) is 9.98 Å². The van der Waals surface area contributed by atoms with E-state index in [4.69, 9.17) is 14.4 Å². The van der Waals surface area contributed by atoms with Crippen LogP contribution in [0.25, 0.3) is 82.8 Å². The number of para-hydroxylation sites is 3. The topological polar surface area (TPSA) is 54.8 Å². The predicted octanol–water partition coefficient (Wildman–Crippen LogP) is 11.3. The van der Waals surface area contributed by atoms with Gasteiger partial charge in [-0.15, -0.1) is 11.3 Å². The van der Waals surface area contributed by atoms with Crippen LogP contribution < -0.4 is 15.1 Å². The zero-order valence-corrected chi connectivity index (χ0v) is 31.6. The van der Waals surface area contributed by atoms with Crippen molar-refractivity contribution in [1.82, 2.24) is 9.88 Å². The van der Waals surface area contributed by atoms with Gasteiger partial charge in [-0.05, 0) is 53.1 Å². The molecule has 2 unspecified atom stereocenters. The normalized spacial score (nSPS) is 16.6. The van der Waals surface area contributed by atoms with Crippen molar-refractivity contribution in [2.75, 3.05) is 0 Å². The van der Waals surface area contributed by atoms with E-state index in [1.165, 1.54) is 47.2 Å². The van der Waals surface area contributed by atoms with Crippen molar-refractivity contribution in [3.05, 3.63) is 185 Å². The molecule has 4 heterocycles. The SMILES string of the molecule is C1=c2sc3cccc(-c4cccc5c4oc4cccc(-n6c7ccccc7c7ccccc76)c45)c3c2=CC(C2=NC(c3ccccc3)=NC(c3ccccc3)N2)C1. The van der Waals surface area contributed by atoms with Crippen molar-refractivity contribution < 1.29 is 4.42 Å². The Bertz CT molecular complexity index is 3370. The van der Waals surface area contributed by atoms with Gasteiger partial charge in [0.15, 0.2) is 5.84 Å². The molecule has 10 aromatic rings. The summed E-state index contributed by atoms with van der Waals surface area (Å²) in [6, 6.07) is 57.8. The summed E-state index contributed by atoms with van der Waals surface area (Å²) < 4.78 is 11.9. The molecule has 5 nitrogen and oxygen atoms in total. The summed E-state index contributed by atoms with van der Waals surface area (Å²) in [5.41, 5.74) is 9.65. The number of furan rings is 1. The first-order chi connectivity index (χ1) is 28.3. The Kier molecular flexibility index (Phi) is 7.22. The number of benzene rings is 7. The molecular weight excluding hydrogens is 717 g/mol. The number of nitrogens with one attached hydrogen (secondary N) is 1. The van der Waals surface area contributed by atoms with Gasteiger partial charge in [-0.3, -0.25) is 0 Å². The molecule has 0 spiro atoms. The molecule has 0 fully saturated rings. The quantitative estimate of drug-likeness (QED) is 0.190. The summed E-state index contributed by atoms with van der Waals surface area (Å²) in [6.07, 6.45) is 5.45. The van der Waals surface area contributed by atoms with Gasteiger partial charge in [-0.1, -0.05) is 146 Å². The lowest BCUT2D eigenvalue weighted by molar-refractivity contribution is 0.650.